The van der Waals surface area contributed by atoms with Crippen LogP contribution in [0.25, 0.3) is 16.3 Å². The largest absolute Gasteiger partial charge is 0.349 e. The fourth-order valence-electron chi connectivity index (χ4n) is 2.38. The van der Waals surface area contributed by atoms with E-state index in [9.17, 15) is 4.79 Å². The van der Waals surface area contributed by atoms with Crippen molar-refractivity contribution in [3.63, 3.8) is 0 Å². The summed E-state index contributed by atoms with van der Waals surface area (Å²) in [6.07, 6.45) is 0. The molecule has 0 bridgehead atoms. The molecule has 2 aromatic heterocycles. The monoisotopic (exact) mass is 325 g/mol. The Morgan fingerprint density at radius 3 is 2.70 bits per heavy atom. The molecule has 1 amide bonds. The van der Waals surface area contributed by atoms with Crippen LogP contribution in [0.15, 0.2) is 47.8 Å². The summed E-state index contributed by atoms with van der Waals surface area (Å²) < 4.78 is 1.72. The van der Waals surface area contributed by atoms with E-state index < -0.39 is 0 Å². The number of benzene rings is 1. The molecule has 0 saturated heterocycles. The van der Waals surface area contributed by atoms with Crippen LogP contribution in [-0.4, -0.2) is 21.7 Å². The number of rotatable bonds is 4. The van der Waals surface area contributed by atoms with Crippen LogP contribution >= 0.6 is 11.3 Å². The first-order chi connectivity index (χ1) is 11.0. The molecule has 0 aliphatic rings. The summed E-state index contributed by atoms with van der Waals surface area (Å²) >= 11 is 1.61. The maximum Gasteiger partial charge on any atom is 0.270 e. The lowest BCUT2D eigenvalue weighted by Gasteiger charge is -2.10. The summed E-state index contributed by atoms with van der Waals surface area (Å²) in [5.74, 6) is -0.114. The molecule has 3 rings (SSSR count). The lowest BCUT2D eigenvalue weighted by atomic mass is 10.2. The van der Waals surface area contributed by atoms with Gasteiger partial charge in [-0.2, -0.15) is 5.10 Å². The minimum Gasteiger partial charge on any atom is -0.349 e. The summed E-state index contributed by atoms with van der Waals surface area (Å²) in [4.78, 5) is 13.6. The van der Waals surface area contributed by atoms with Crippen LogP contribution < -0.4 is 5.32 Å². The summed E-state index contributed by atoms with van der Waals surface area (Å²) in [7, 11) is 0. The van der Waals surface area contributed by atoms with Crippen LogP contribution in [-0.2, 0) is 0 Å². The Kier molecular flexibility index (Phi) is 4.30. The zero-order valence-electron chi connectivity index (χ0n) is 13.4. The second kappa shape index (κ2) is 6.38. The first-order valence-corrected chi connectivity index (χ1v) is 8.44. The van der Waals surface area contributed by atoms with Gasteiger partial charge in [0.05, 0.1) is 10.6 Å². The van der Waals surface area contributed by atoms with Crippen molar-refractivity contribution in [1.82, 2.24) is 15.1 Å². The SMILES string of the molecule is Cc1cccc(-n2nc(-c3cccs3)cc2C(=O)NC(C)C)c1. The molecule has 4 nitrogen and oxygen atoms in total. The average Bonchev–Trinajstić information content (AvgIpc) is 3.16. The minimum absolute atomic E-state index is 0.0774. The predicted octanol–water partition coefficient (Wildman–Crippen LogP) is 4.05. The normalized spacial score (nSPS) is 11.0. The maximum atomic E-state index is 12.5. The molecule has 5 heteroatoms. The third kappa shape index (κ3) is 3.35. The van der Waals surface area contributed by atoms with Crippen molar-refractivity contribution < 1.29 is 4.79 Å². The summed E-state index contributed by atoms with van der Waals surface area (Å²) in [6, 6.07) is 13.9. The van der Waals surface area contributed by atoms with Gasteiger partial charge in [0.25, 0.3) is 5.91 Å². The number of nitrogens with zero attached hydrogens (tertiary/aromatic N) is 2. The number of hydrogen-bond acceptors (Lipinski definition) is 3. The Morgan fingerprint density at radius 1 is 1.22 bits per heavy atom. The van der Waals surface area contributed by atoms with Crippen molar-refractivity contribution in [1.29, 1.82) is 0 Å². The van der Waals surface area contributed by atoms with Gasteiger partial charge in [0, 0.05) is 6.04 Å². The number of carbonyl (C=O) groups is 1. The van der Waals surface area contributed by atoms with Crippen molar-refractivity contribution in [2.24, 2.45) is 0 Å². The molecule has 0 saturated carbocycles. The molecule has 0 unspecified atom stereocenters. The molecule has 1 N–H and O–H groups in total. The van der Waals surface area contributed by atoms with Crippen molar-refractivity contribution in [2.45, 2.75) is 26.8 Å². The van der Waals surface area contributed by atoms with Crippen molar-refractivity contribution in [2.75, 3.05) is 0 Å². The van der Waals surface area contributed by atoms with E-state index in [2.05, 4.69) is 10.4 Å². The summed E-state index contributed by atoms with van der Waals surface area (Å²) in [6.45, 7) is 5.93. The molecule has 3 aromatic rings. The molecule has 118 valence electrons. The zero-order chi connectivity index (χ0) is 16.4. The second-order valence-corrected chi connectivity index (χ2v) is 6.72. The molecule has 0 aliphatic carbocycles. The lowest BCUT2D eigenvalue weighted by molar-refractivity contribution is 0.0935. The Hall–Kier alpha value is -2.40. The Morgan fingerprint density at radius 2 is 2.04 bits per heavy atom. The highest BCUT2D eigenvalue weighted by Gasteiger charge is 2.18. The molecule has 0 aliphatic heterocycles. The van der Waals surface area contributed by atoms with Crippen LogP contribution in [0, 0.1) is 6.92 Å². The fourth-order valence-corrected chi connectivity index (χ4v) is 3.06. The molecular formula is C18H19N3OS. The molecule has 0 radical (unpaired) electrons. The van der Waals surface area contributed by atoms with Gasteiger partial charge in [0.1, 0.15) is 11.4 Å². The second-order valence-electron chi connectivity index (χ2n) is 5.77. The first kappa shape index (κ1) is 15.5. The average molecular weight is 325 g/mol. The van der Waals surface area contributed by atoms with E-state index in [4.69, 9.17) is 0 Å². The minimum atomic E-state index is -0.114. The van der Waals surface area contributed by atoms with E-state index in [1.165, 1.54) is 0 Å². The van der Waals surface area contributed by atoms with Gasteiger partial charge in [-0.15, -0.1) is 11.3 Å². The van der Waals surface area contributed by atoms with Gasteiger partial charge in [-0.05, 0) is 56.0 Å². The quantitative estimate of drug-likeness (QED) is 0.786. The molecular weight excluding hydrogens is 306 g/mol. The smallest absolute Gasteiger partial charge is 0.270 e. The first-order valence-electron chi connectivity index (χ1n) is 7.56. The Balaban J connectivity index is 2.10. The molecule has 1 aromatic carbocycles. The van der Waals surface area contributed by atoms with E-state index >= 15 is 0 Å². The van der Waals surface area contributed by atoms with E-state index in [1.807, 2.05) is 68.6 Å². The highest BCUT2D eigenvalue weighted by molar-refractivity contribution is 7.13. The van der Waals surface area contributed by atoms with E-state index in [-0.39, 0.29) is 11.9 Å². The van der Waals surface area contributed by atoms with Gasteiger partial charge >= 0.3 is 0 Å². The van der Waals surface area contributed by atoms with E-state index in [1.54, 1.807) is 16.0 Å². The fraction of sp³-hybridized carbons (Fsp3) is 0.222. The van der Waals surface area contributed by atoms with Crippen LogP contribution in [0.3, 0.4) is 0 Å². The van der Waals surface area contributed by atoms with Crippen LogP contribution in [0.4, 0.5) is 0 Å². The number of carbonyl (C=O) groups excluding carboxylic acids is 1. The molecule has 2 heterocycles. The van der Waals surface area contributed by atoms with Gasteiger partial charge in [-0.25, -0.2) is 4.68 Å². The Labute approximate surface area is 139 Å². The number of nitrogens with one attached hydrogen (secondary N) is 1. The van der Waals surface area contributed by atoms with E-state index in [0.717, 1.165) is 21.8 Å². The standard InChI is InChI=1S/C18H19N3OS/c1-12(2)19-18(22)16-11-15(17-8-5-9-23-17)20-21(16)14-7-4-6-13(3)10-14/h4-12H,1-3H3,(H,19,22). The van der Waals surface area contributed by atoms with Gasteiger partial charge in [-0.3, -0.25) is 4.79 Å². The van der Waals surface area contributed by atoms with Gasteiger partial charge in [-0.1, -0.05) is 18.2 Å². The molecule has 0 spiro atoms. The number of thiophene rings is 1. The highest BCUT2D eigenvalue weighted by atomic mass is 32.1. The highest BCUT2D eigenvalue weighted by Crippen LogP contribution is 2.26. The van der Waals surface area contributed by atoms with E-state index in [0.29, 0.717) is 5.69 Å². The number of aryl methyl sites for hydroxylation is 1. The van der Waals surface area contributed by atoms with Crippen molar-refractivity contribution in [3.05, 3.63) is 59.1 Å². The lowest BCUT2D eigenvalue weighted by Crippen LogP contribution is -2.31. The third-order valence-corrected chi connectivity index (χ3v) is 4.27. The van der Waals surface area contributed by atoms with Crippen molar-refractivity contribution >= 4 is 17.2 Å². The Bertz CT molecular complexity index is 819. The van der Waals surface area contributed by atoms with Crippen LogP contribution in [0.5, 0.6) is 0 Å². The number of amides is 1. The molecule has 23 heavy (non-hydrogen) atoms. The van der Waals surface area contributed by atoms with Gasteiger partial charge in [0.15, 0.2) is 0 Å². The summed E-state index contributed by atoms with van der Waals surface area (Å²) in [5, 5.41) is 9.61. The van der Waals surface area contributed by atoms with Crippen molar-refractivity contribution in [3.8, 4) is 16.3 Å². The predicted molar refractivity (Wildman–Crippen MR) is 94.2 cm³/mol. The maximum absolute atomic E-state index is 12.5. The zero-order valence-corrected chi connectivity index (χ0v) is 14.2. The van der Waals surface area contributed by atoms with Gasteiger partial charge < -0.3 is 5.32 Å². The molecule has 0 atom stereocenters. The molecule has 0 fully saturated rings. The third-order valence-electron chi connectivity index (χ3n) is 3.38. The van der Waals surface area contributed by atoms with Crippen LogP contribution in [0.1, 0.15) is 29.9 Å². The topological polar surface area (TPSA) is 46.9 Å². The van der Waals surface area contributed by atoms with Gasteiger partial charge in [0.2, 0.25) is 0 Å². The summed E-state index contributed by atoms with van der Waals surface area (Å²) in [5.41, 5.74) is 3.38. The number of hydrogen-bond donors (Lipinski definition) is 1. The van der Waals surface area contributed by atoms with Crippen LogP contribution in [0.2, 0.25) is 0 Å². The number of aromatic nitrogens is 2.